The molecule has 1 rings (SSSR count). The van der Waals surface area contributed by atoms with E-state index in [1.807, 2.05) is 22.6 Å². The zero-order valence-electron chi connectivity index (χ0n) is 10.3. The van der Waals surface area contributed by atoms with E-state index in [0.717, 1.165) is 3.57 Å². The summed E-state index contributed by atoms with van der Waals surface area (Å²) in [6.07, 6.45) is 0.404. The van der Waals surface area contributed by atoms with Crippen molar-refractivity contribution in [2.24, 2.45) is 0 Å². The van der Waals surface area contributed by atoms with Gasteiger partial charge in [-0.3, -0.25) is 4.79 Å². The molecule has 1 atom stereocenters. The molecule has 0 aliphatic carbocycles. The molecule has 5 nitrogen and oxygen atoms in total. The summed E-state index contributed by atoms with van der Waals surface area (Å²) in [6.45, 7) is 0.276. The Labute approximate surface area is 139 Å². The Hall–Kier alpha value is -0.130. The molecule has 3 N–H and O–H groups in total. The quantitative estimate of drug-likeness (QED) is 0.531. The summed E-state index contributed by atoms with van der Waals surface area (Å²) < 4.78 is 6.48. The van der Waals surface area contributed by atoms with Gasteiger partial charge in [-0.05, 0) is 63.7 Å². The summed E-state index contributed by atoms with van der Waals surface area (Å²) in [4.78, 5) is 12.1. The van der Waals surface area contributed by atoms with Crippen LogP contribution in [0, 0.1) is 7.14 Å². The van der Waals surface area contributed by atoms with Gasteiger partial charge in [0, 0.05) is 17.3 Å². The van der Waals surface area contributed by atoms with Crippen LogP contribution in [-0.4, -0.2) is 42.5 Å². The summed E-state index contributed by atoms with van der Waals surface area (Å²) in [6, 6.07) is 3.13. The second kappa shape index (κ2) is 8.22. The first-order valence-corrected chi connectivity index (χ1v) is 7.74. The van der Waals surface area contributed by atoms with Gasteiger partial charge in [-0.25, -0.2) is 0 Å². The van der Waals surface area contributed by atoms with Crippen LogP contribution in [0.3, 0.4) is 0 Å². The van der Waals surface area contributed by atoms with Gasteiger partial charge in [0.1, 0.15) is 5.75 Å². The lowest BCUT2D eigenvalue weighted by atomic mass is 10.1. The maximum atomic E-state index is 12.1. The largest absolute Gasteiger partial charge is 0.506 e. The van der Waals surface area contributed by atoms with Gasteiger partial charge in [0.25, 0.3) is 5.91 Å². The first kappa shape index (κ1) is 16.9. The van der Waals surface area contributed by atoms with Gasteiger partial charge < -0.3 is 20.3 Å². The summed E-state index contributed by atoms with van der Waals surface area (Å²) in [5, 5.41) is 21.6. The van der Waals surface area contributed by atoms with Gasteiger partial charge in [0.05, 0.1) is 21.8 Å². The van der Waals surface area contributed by atoms with E-state index in [-0.39, 0.29) is 29.9 Å². The van der Waals surface area contributed by atoms with Crippen LogP contribution in [-0.2, 0) is 4.74 Å². The Balaban J connectivity index is 2.87. The summed E-state index contributed by atoms with van der Waals surface area (Å²) in [7, 11) is 1.53. The van der Waals surface area contributed by atoms with Crippen molar-refractivity contribution in [3.63, 3.8) is 0 Å². The Morgan fingerprint density at radius 2 is 2.16 bits per heavy atom. The number of aliphatic hydroxyl groups is 1. The monoisotopic (exact) mass is 491 g/mol. The molecule has 0 heterocycles. The number of hydrogen-bond donors (Lipinski definition) is 3. The van der Waals surface area contributed by atoms with Crippen LogP contribution < -0.4 is 5.32 Å². The van der Waals surface area contributed by atoms with E-state index in [4.69, 9.17) is 9.84 Å². The smallest absolute Gasteiger partial charge is 0.255 e. The number of carbonyl (C=O) groups is 1. The van der Waals surface area contributed by atoms with Crippen LogP contribution in [0.1, 0.15) is 16.8 Å². The Kier molecular flexibility index (Phi) is 7.32. The lowest BCUT2D eigenvalue weighted by Gasteiger charge is -2.17. The minimum atomic E-state index is -0.371. The fraction of sp³-hybridized carbons (Fsp3) is 0.417. The van der Waals surface area contributed by atoms with Gasteiger partial charge in [-0.2, -0.15) is 0 Å². The number of ether oxygens (including phenoxy) is 1. The summed E-state index contributed by atoms with van der Waals surface area (Å²) in [5.41, 5.74) is 0.232. The second-order valence-corrected chi connectivity index (χ2v) is 6.33. The molecule has 19 heavy (non-hydrogen) atoms. The van der Waals surface area contributed by atoms with Crippen molar-refractivity contribution < 1.29 is 19.7 Å². The molecule has 0 bridgehead atoms. The molecule has 1 aromatic carbocycles. The number of hydrogen-bond acceptors (Lipinski definition) is 4. The summed E-state index contributed by atoms with van der Waals surface area (Å²) in [5.74, 6) is -0.400. The lowest BCUT2D eigenvalue weighted by Crippen LogP contribution is -2.38. The molecule has 0 fully saturated rings. The van der Waals surface area contributed by atoms with Crippen molar-refractivity contribution in [1.29, 1.82) is 0 Å². The van der Waals surface area contributed by atoms with Crippen LogP contribution >= 0.6 is 45.2 Å². The van der Waals surface area contributed by atoms with Crippen LogP contribution in [0.4, 0.5) is 0 Å². The molecular weight excluding hydrogens is 476 g/mol. The molecule has 7 heteroatoms. The molecular formula is C12H15I2NO4. The average molecular weight is 491 g/mol. The summed E-state index contributed by atoms with van der Waals surface area (Å²) >= 11 is 4.06. The fourth-order valence-corrected chi connectivity index (χ4v) is 3.40. The number of nitrogens with one attached hydrogen (secondary N) is 1. The Bertz CT molecular complexity index is 448. The highest BCUT2D eigenvalue weighted by molar-refractivity contribution is 14.1. The number of carbonyl (C=O) groups excluding carboxylic acids is 1. The number of aliphatic hydroxyl groups excluding tert-OH is 1. The number of phenols is 1. The lowest BCUT2D eigenvalue weighted by molar-refractivity contribution is 0.0876. The minimum absolute atomic E-state index is 0.0290. The van der Waals surface area contributed by atoms with Crippen molar-refractivity contribution in [3.8, 4) is 5.75 Å². The third kappa shape index (κ3) is 5.04. The number of aromatic hydroxyl groups is 1. The Morgan fingerprint density at radius 3 is 2.74 bits per heavy atom. The number of rotatable bonds is 6. The molecule has 1 unspecified atom stereocenters. The molecule has 0 saturated heterocycles. The first-order valence-electron chi connectivity index (χ1n) is 5.58. The maximum absolute atomic E-state index is 12.1. The standard InChI is InChI=1S/C12H15I2NO4/c1-19-6-8(2-3-16)15-12(18)9-4-7(13)5-10(14)11(9)17/h4-5,8,16-17H,2-3,6H2,1H3,(H,15,18). The fourth-order valence-electron chi connectivity index (χ4n) is 1.56. The van der Waals surface area contributed by atoms with E-state index in [1.165, 1.54) is 7.11 Å². The minimum Gasteiger partial charge on any atom is -0.506 e. The van der Waals surface area contributed by atoms with E-state index >= 15 is 0 Å². The van der Waals surface area contributed by atoms with Gasteiger partial charge in [0.2, 0.25) is 0 Å². The molecule has 106 valence electrons. The maximum Gasteiger partial charge on any atom is 0.255 e. The van der Waals surface area contributed by atoms with Crippen LogP contribution in [0.5, 0.6) is 5.75 Å². The third-order valence-electron chi connectivity index (χ3n) is 2.45. The van der Waals surface area contributed by atoms with Crippen LogP contribution in [0.15, 0.2) is 12.1 Å². The zero-order chi connectivity index (χ0) is 14.4. The van der Waals surface area contributed by atoms with Crippen LogP contribution in [0.25, 0.3) is 0 Å². The van der Waals surface area contributed by atoms with Crippen molar-refractivity contribution >= 4 is 51.1 Å². The van der Waals surface area contributed by atoms with Crippen LogP contribution in [0.2, 0.25) is 0 Å². The van der Waals surface area contributed by atoms with E-state index in [9.17, 15) is 9.90 Å². The van der Waals surface area contributed by atoms with Crippen molar-refractivity contribution in [2.45, 2.75) is 12.5 Å². The SMILES string of the molecule is COCC(CCO)NC(=O)c1cc(I)cc(I)c1O. The first-order chi connectivity index (χ1) is 8.99. The molecule has 0 spiro atoms. The number of halogens is 2. The highest BCUT2D eigenvalue weighted by Crippen LogP contribution is 2.27. The molecule has 0 saturated carbocycles. The molecule has 1 amide bonds. The van der Waals surface area contributed by atoms with Gasteiger partial charge >= 0.3 is 0 Å². The van der Waals surface area contributed by atoms with Crippen molar-refractivity contribution in [3.05, 3.63) is 24.8 Å². The van der Waals surface area contributed by atoms with E-state index in [2.05, 4.69) is 27.9 Å². The molecule has 0 aromatic heterocycles. The predicted molar refractivity (Wildman–Crippen MR) is 88.4 cm³/mol. The molecule has 0 aliphatic rings. The predicted octanol–water partition coefficient (Wildman–Crippen LogP) is 1.73. The topological polar surface area (TPSA) is 78.8 Å². The van der Waals surface area contributed by atoms with Crippen molar-refractivity contribution in [2.75, 3.05) is 20.3 Å². The van der Waals surface area contributed by atoms with E-state index < -0.39 is 0 Å². The van der Waals surface area contributed by atoms with Crippen molar-refractivity contribution in [1.82, 2.24) is 5.32 Å². The molecule has 1 aromatic rings. The average Bonchev–Trinajstić information content (AvgIpc) is 2.34. The molecule has 0 aliphatic heterocycles. The number of phenolic OH excluding ortho intramolecular Hbond substituents is 1. The molecule has 0 radical (unpaired) electrons. The Morgan fingerprint density at radius 1 is 1.47 bits per heavy atom. The number of benzene rings is 1. The zero-order valence-corrected chi connectivity index (χ0v) is 14.6. The third-order valence-corrected chi connectivity index (χ3v) is 3.90. The number of amides is 1. The normalized spacial score (nSPS) is 12.2. The second-order valence-electron chi connectivity index (χ2n) is 3.92. The van der Waals surface area contributed by atoms with Gasteiger partial charge in [-0.1, -0.05) is 0 Å². The van der Waals surface area contributed by atoms with E-state index in [1.54, 1.807) is 12.1 Å². The van der Waals surface area contributed by atoms with Gasteiger partial charge in [0.15, 0.2) is 0 Å². The highest BCUT2D eigenvalue weighted by atomic mass is 127. The van der Waals surface area contributed by atoms with E-state index in [0.29, 0.717) is 16.6 Å². The number of methoxy groups -OCH3 is 1. The highest BCUT2D eigenvalue weighted by Gasteiger charge is 2.18. The van der Waals surface area contributed by atoms with Gasteiger partial charge in [-0.15, -0.1) is 0 Å².